The highest BCUT2D eigenvalue weighted by molar-refractivity contribution is 9.10. The van der Waals surface area contributed by atoms with Gasteiger partial charge in [0.05, 0.1) is 16.4 Å². The number of hydrogen-bond donors (Lipinski definition) is 1. The molecule has 0 fully saturated rings. The molecule has 3 aromatic carbocycles. The van der Waals surface area contributed by atoms with Crippen LogP contribution in [0.5, 0.6) is 11.5 Å². The van der Waals surface area contributed by atoms with E-state index < -0.39 is 0 Å². The number of para-hydroxylation sites is 1. The van der Waals surface area contributed by atoms with E-state index in [1.165, 1.54) is 11.3 Å². The smallest absolute Gasteiger partial charge is 0.203 e. The highest BCUT2D eigenvalue weighted by atomic mass is 79.9. The Hall–Kier alpha value is -2.96. The largest absolute Gasteiger partial charge is 0.456 e. The quantitative estimate of drug-likeness (QED) is 0.259. The third kappa shape index (κ3) is 4.65. The maximum Gasteiger partial charge on any atom is 0.203 e. The molecular formula is C22H16BrN3OS. The number of anilines is 1. The van der Waals surface area contributed by atoms with Gasteiger partial charge < -0.3 is 4.74 Å². The fourth-order valence-electron chi connectivity index (χ4n) is 2.52. The molecule has 1 aromatic heterocycles. The van der Waals surface area contributed by atoms with E-state index in [0.29, 0.717) is 0 Å². The summed E-state index contributed by atoms with van der Waals surface area (Å²) in [5, 5.41) is 7.05. The average molecular weight is 450 g/mol. The van der Waals surface area contributed by atoms with E-state index in [1.54, 1.807) is 6.21 Å². The van der Waals surface area contributed by atoms with Crippen molar-refractivity contribution >= 4 is 38.6 Å². The Morgan fingerprint density at radius 1 is 0.964 bits per heavy atom. The van der Waals surface area contributed by atoms with E-state index in [4.69, 9.17) is 4.74 Å². The van der Waals surface area contributed by atoms with Crippen LogP contribution in [0.25, 0.3) is 11.3 Å². The standard InChI is InChI=1S/C22H16BrN3OS/c23-19-13-16(11-12-21(19)27-18-9-5-2-6-10-18)14-24-26-22-25-20(15-28-22)17-7-3-1-4-8-17/h1-15H,(H,25,26). The minimum Gasteiger partial charge on any atom is -0.456 e. The van der Waals surface area contributed by atoms with Crippen LogP contribution >= 0.6 is 27.3 Å². The third-order valence-electron chi connectivity index (χ3n) is 3.87. The van der Waals surface area contributed by atoms with Crippen LogP contribution in [0.4, 0.5) is 5.13 Å². The molecule has 1 N–H and O–H groups in total. The number of nitrogens with zero attached hydrogens (tertiary/aromatic N) is 2. The molecule has 4 aromatic rings. The molecule has 0 bridgehead atoms. The van der Waals surface area contributed by atoms with E-state index in [2.05, 4.69) is 31.4 Å². The summed E-state index contributed by atoms with van der Waals surface area (Å²) in [5.74, 6) is 1.55. The van der Waals surface area contributed by atoms with E-state index in [-0.39, 0.29) is 0 Å². The van der Waals surface area contributed by atoms with Gasteiger partial charge in [-0.15, -0.1) is 11.3 Å². The maximum absolute atomic E-state index is 5.87. The Morgan fingerprint density at radius 2 is 1.71 bits per heavy atom. The fourth-order valence-corrected chi connectivity index (χ4v) is 3.67. The first-order valence-corrected chi connectivity index (χ1v) is 10.3. The summed E-state index contributed by atoms with van der Waals surface area (Å²) >= 11 is 5.07. The van der Waals surface area contributed by atoms with Crippen molar-refractivity contribution in [1.82, 2.24) is 4.98 Å². The molecule has 0 radical (unpaired) electrons. The summed E-state index contributed by atoms with van der Waals surface area (Å²) in [6, 6.07) is 25.6. The predicted molar refractivity (Wildman–Crippen MR) is 119 cm³/mol. The molecule has 0 unspecified atom stereocenters. The van der Waals surface area contributed by atoms with Gasteiger partial charge in [0.2, 0.25) is 5.13 Å². The van der Waals surface area contributed by atoms with Gasteiger partial charge in [-0.05, 0) is 51.8 Å². The van der Waals surface area contributed by atoms with Crippen LogP contribution in [0.15, 0.2) is 93.8 Å². The van der Waals surface area contributed by atoms with Crippen LogP contribution in [0, 0.1) is 0 Å². The Labute approximate surface area is 175 Å². The summed E-state index contributed by atoms with van der Waals surface area (Å²) in [6.45, 7) is 0. The van der Waals surface area contributed by atoms with Gasteiger partial charge in [-0.2, -0.15) is 5.10 Å². The van der Waals surface area contributed by atoms with Gasteiger partial charge in [0.1, 0.15) is 11.5 Å². The second-order valence-corrected chi connectivity index (χ2v) is 7.59. The third-order valence-corrected chi connectivity index (χ3v) is 5.24. The SMILES string of the molecule is Brc1cc(C=NNc2nc(-c3ccccc3)cs2)ccc1Oc1ccccc1. The van der Waals surface area contributed by atoms with Crippen molar-refractivity contribution in [3.63, 3.8) is 0 Å². The molecule has 0 spiro atoms. The number of hydrogen-bond acceptors (Lipinski definition) is 5. The molecule has 0 aliphatic carbocycles. The lowest BCUT2D eigenvalue weighted by Crippen LogP contribution is -1.91. The highest BCUT2D eigenvalue weighted by Gasteiger charge is 2.04. The van der Waals surface area contributed by atoms with Gasteiger partial charge in [-0.3, -0.25) is 5.43 Å². The fraction of sp³-hybridized carbons (Fsp3) is 0. The van der Waals surface area contributed by atoms with Crippen LogP contribution in [-0.2, 0) is 0 Å². The number of benzene rings is 3. The molecule has 138 valence electrons. The lowest BCUT2D eigenvalue weighted by Gasteiger charge is -2.08. The molecule has 1 heterocycles. The lowest BCUT2D eigenvalue weighted by atomic mass is 10.2. The van der Waals surface area contributed by atoms with E-state index in [0.717, 1.165) is 37.9 Å². The van der Waals surface area contributed by atoms with Crippen molar-refractivity contribution in [1.29, 1.82) is 0 Å². The van der Waals surface area contributed by atoms with Gasteiger partial charge in [-0.25, -0.2) is 4.98 Å². The molecule has 4 rings (SSSR count). The van der Waals surface area contributed by atoms with Crippen LogP contribution < -0.4 is 10.2 Å². The zero-order valence-corrected chi connectivity index (χ0v) is 17.2. The topological polar surface area (TPSA) is 46.5 Å². The van der Waals surface area contributed by atoms with Crippen LogP contribution in [0.3, 0.4) is 0 Å². The molecule has 0 amide bonds. The zero-order chi connectivity index (χ0) is 19.2. The molecule has 6 heteroatoms. The van der Waals surface area contributed by atoms with E-state index in [1.807, 2.05) is 84.2 Å². The number of halogens is 1. The van der Waals surface area contributed by atoms with Gasteiger partial charge >= 0.3 is 0 Å². The van der Waals surface area contributed by atoms with Crippen LogP contribution in [0.1, 0.15) is 5.56 Å². The Kier molecular flexibility index (Phi) is 5.80. The second kappa shape index (κ2) is 8.82. The van der Waals surface area contributed by atoms with Crippen molar-refractivity contribution in [3.05, 3.63) is 94.3 Å². The minimum absolute atomic E-state index is 0.748. The minimum atomic E-state index is 0.748. The van der Waals surface area contributed by atoms with Gasteiger partial charge in [0.25, 0.3) is 0 Å². The van der Waals surface area contributed by atoms with Crippen molar-refractivity contribution in [2.45, 2.75) is 0 Å². The Morgan fingerprint density at radius 3 is 2.46 bits per heavy atom. The zero-order valence-electron chi connectivity index (χ0n) is 14.7. The number of aromatic nitrogens is 1. The molecule has 28 heavy (non-hydrogen) atoms. The second-order valence-electron chi connectivity index (χ2n) is 5.88. The number of nitrogens with one attached hydrogen (secondary N) is 1. The molecule has 0 saturated heterocycles. The molecule has 0 aliphatic heterocycles. The van der Waals surface area contributed by atoms with Crippen LogP contribution in [-0.4, -0.2) is 11.2 Å². The summed E-state index contributed by atoms with van der Waals surface area (Å²) in [7, 11) is 0. The number of hydrazone groups is 1. The molecule has 0 aliphatic rings. The highest BCUT2D eigenvalue weighted by Crippen LogP contribution is 2.30. The molecule has 4 nitrogen and oxygen atoms in total. The number of thiazole rings is 1. The first-order chi connectivity index (χ1) is 13.8. The van der Waals surface area contributed by atoms with Gasteiger partial charge in [-0.1, -0.05) is 48.5 Å². The first kappa shape index (κ1) is 18.4. The summed E-state index contributed by atoms with van der Waals surface area (Å²) < 4.78 is 6.73. The van der Waals surface area contributed by atoms with Crippen molar-refractivity contribution < 1.29 is 4.74 Å². The first-order valence-electron chi connectivity index (χ1n) is 8.60. The maximum atomic E-state index is 5.87. The summed E-state index contributed by atoms with van der Waals surface area (Å²) in [4.78, 5) is 4.55. The van der Waals surface area contributed by atoms with Crippen molar-refractivity contribution in [2.24, 2.45) is 5.10 Å². The summed E-state index contributed by atoms with van der Waals surface area (Å²) in [6.07, 6.45) is 1.75. The Bertz CT molecular complexity index is 1080. The monoisotopic (exact) mass is 449 g/mol. The van der Waals surface area contributed by atoms with Gasteiger partial charge in [0, 0.05) is 10.9 Å². The van der Waals surface area contributed by atoms with Gasteiger partial charge in [0.15, 0.2) is 0 Å². The average Bonchev–Trinajstić information content (AvgIpc) is 3.20. The van der Waals surface area contributed by atoms with E-state index in [9.17, 15) is 0 Å². The summed E-state index contributed by atoms with van der Waals surface area (Å²) in [5.41, 5.74) is 5.96. The predicted octanol–water partition coefficient (Wildman–Crippen LogP) is 6.81. The van der Waals surface area contributed by atoms with Crippen molar-refractivity contribution in [3.8, 4) is 22.8 Å². The van der Waals surface area contributed by atoms with Crippen molar-refractivity contribution in [2.75, 3.05) is 5.43 Å². The number of rotatable bonds is 6. The molecule has 0 atom stereocenters. The lowest BCUT2D eigenvalue weighted by molar-refractivity contribution is 0.479. The molecular weight excluding hydrogens is 434 g/mol. The number of ether oxygens (including phenoxy) is 1. The normalized spacial score (nSPS) is 10.9. The van der Waals surface area contributed by atoms with E-state index >= 15 is 0 Å². The van der Waals surface area contributed by atoms with Crippen LogP contribution in [0.2, 0.25) is 0 Å². The molecule has 0 saturated carbocycles. The Balaban J connectivity index is 1.40.